The molecule has 1 N–H and O–H groups in total. The van der Waals surface area contributed by atoms with Crippen molar-refractivity contribution in [3.05, 3.63) is 51.9 Å². The molecule has 1 aliphatic heterocycles. The van der Waals surface area contributed by atoms with Crippen LogP contribution in [-0.4, -0.2) is 47.5 Å². The third-order valence-electron chi connectivity index (χ3n) is 4.56. The van der Waals surface area contributed by atoms with E-state index in [1.165, 1.54) is 18.8 Å². The maximum absolute atomic E-state index is 12.2. The van der Waals surface area contributed by atoms with Crippen LogP contribution in [0.2, 0.25) is 10.0 Å². The molecule has 1 aromatic heterocycles. The molecule has 0 bridgehead atoms. The van der Waals surface area contributed by atoms with E-state index in [4.69, 9.17) is 27.9 Å². The summed E-state index contributed by atoms with van der Waals surface area (Å²) in [6.45, 7) is 2.95. The van der Waals surface area contributed by atoms with Crippen molar-refractivity contribution in [2.24, 2.45) is 5.92 Å². The fraction of sp³-hybridized carbons (Fsp3) is 0.421. The summed E-state index contributed by atoms with van der Waals surface area (Å²) in [4.78, 5) is 22.8. The van der Waals surface area contributed by atoms with Crippen molar-refractivity contribution in [3.8, 4) is 5.88 Å². The number of carbonyl (C=O) groups excluding carboxylic acids is 1. The summed E-state index contributed by atoms with van der Waals surface area (Å²) < 4.78 is 5.58. The Bertz CT molecular complexity index is 766. The Labute approximate surface area is 168 Å². The molecule has 1 aliphatic rings. The molecule has 1 fully saturated rings. The molecule has 0 aliphatic carbocycles. The molecular weight excluding hydrogens is 387 g/mol. The Morgan fingerprint density at radius 1 is 1.30 bits per heavy atom. The van der Waals surface area contributed by atoms with Gasteiger partial charge in [0, 0.05) is 28.7 Å². The van der Waals surface area contributed by atoms with Gasteiger partial charge in [-0.25, -0.2) is 9.97 Å². The van der Waals surface area contributed by atoms with Crippen molar-refractivity contribution in [1.29, 1.82) is 0 Å². The summed E-state index contributed by atoms with van der Waals surface area (Å²) in [6.07, 6.45) is 5.13. The van der Waals surface area contributed by atoms with Crippen molar-refractivity contribution >= 4 is 29.1 Å². The fourth-order valence-corrected chi connectivity index (χ4v) is 3.60. The van der Waals surface area contributed by atoms with Gasteiger partial charge in [-0.05, 0) is 44.5 Å². The summed E-state index contributed by atoms with van der Waals surface area (Å²) in [6, 6.07) is 5.26. The second-order valence-corrected chi connectivity index (χ2v) is 7.52. The number of benzene rings is 1. The van der Waals surface area contributed by atoms with Gasteiger partial charge in [0.1, 0.15) is 12.3 Å². The number of carbonyl (C=O) groups is 1. The monoisotopic (exact) mass is 408 g/mol. The molecule has 8 heteroatoms. The first-order chi connectivity index (χ1) is 13.0. The molecule has 1 saturated heterocycles. The van der Waals surface area contributed by atoms with Crippen LogP contribution < -0.4 is 10.1 Å². The minimum absolute atomic E-state index is 0.175. The summed E-state index contributed by atoms with van der Waals surface area (Å²) in [5.74, 6) is 0.552. The zero-order valence-electron chi connectivity index (χ0n) is 15.1. The molecule has 27 heavy (non-hydrogen) atoms. The molecule has 0 saturated carbocycles. The Balaban J connectivity index is 1.51. The van der Waals surface area contributed by atoms with Crippen LogP contribution >= 0.6 is 23.2 Å². The van der Waals surface area contributed by atoms with Crippen LogP contribution in [0.1, 0.15) is 28.9 Å². The molecule has 2 heterocycles. The van der Waals surface area contributed by atoms with E-state index in [1.54, 1.807) is 18.2 Å². The second-order valence-electron chi connectivity index (χ2n) is 6.71. The van der Waals surface area contributed by atoms with Crippen LogP contribution in [0, 0.1) is 5.92 Å². The maximum atomic E-state index is 12.2. The number of amides is 1. The van der Waals surface area contributed by atoms with Gasteiger partial charge in [-0.3, -0.25) is 4.79 Å². The zero-order chi connectivity index (χ0) is 19.2. The first kappa shape index (κ1) is 19.9. The summed E-state index contributed by atoms with van der Waals surface area (Å²) in [7, 11) is 2.11. The largest absolute Gasteiger partial charge is 0.472 e. The normalized spacial score (nSPS) is 17.5. The number of hydrogen-bond acceptors (Lipinski definition) is 5. The number of nitrogens with zero attached hydrogens (tertiary/aromatic N) is 3. The van der Waals surface area contributed by atoms with E-state index < -0.39 is 0 Å². The van der Waals surface area contributed by atoms with Crippen molar-refractivity contribution in [1.82, 2.24) is 20.2 Å². The topological polar surface area (TPSA) is 67.4 Å². The maximum Gasteiger partial charge on any atom is 0.271 e. The quantitative estimate of drug-likeness (QED) is 0.792. The van der Waals surface area contributed by atoms with E-state index in [-0.39, 0.29) is 18.2 Å². The van der Waals surface area contributed by atoms with Crippen LogP contribution in [0.5, 0.6) is 5.88 Å². The first-order valence-electron chi connectivity index (χ1n) is 8.87. The Morgan fingerprint density at radius 3 is 2.74 bits per heavy atom. The number of piperidine rings is 1. The average Bonchev–Trinajstić information content (AvgIpc) is 2.66. The van der Waals surface area contributed by atoms with Gasteiger partial charge in [0.2, 0.25) is 5.88 Å². The van der Waals surface area contributed by atoms with Gasteiger partial charge >= 0.3 is 0 Å². The van der Waals surface area contributed by atoms with E-state index >= 15 is 0 Å². The Hall–Kier alpha value is -1.89. The zero-order valence-corrected chi connectivity index (χ0v) is 16.6. The predicted molar refractivity (Wildman–Crippen MR) is 105 cm³/mol. The minimum atomic E-state index is -0.226. The van der Waals surface area contributed by atoms with Crippen LogP contribution in [0.4, 0.5) is 0 Å². The molecule has 0 spiro atoms. The highest BCUT2D eigenvalue weighted by atomic mass is 35.5. The van der Waals surface area contributed by atoms with E-state index in [0.717, 1.165) is 19.5 Å². The Kier molecular flexibility index (Phi) is 6.88. The standard InChI is InChI=1S/C19H22Cl2N4O2/c1-25-7-3-4-13(11-25)8-24-19(26)17-9-23-18(10-22-17)27-12-14-15(20)5-2-6-16(14)21/h2,5-6,9-10,13H,3-4,7-8,11-12H2,1H3,(H,24,26). The minimum Gasteiger partial charge on any atom is -0.472 e. The lowest BCUT2D eigenvalue weighted by Crippen LogP contribution is -2.39. The molecule has 3 rings (SSSR count). The van der Waals surface area contributed by atoms with Gasteiger partial charge in [0.05, 0.1) is 12.4 Å². The van der Waals surface area contributed by atoms with Crippen LogP contribution in [0.15, 0.2) is 30.6 Å². The van der Waals surface area contributed by atoms with Gasteiger partial charge in [-0.2, -0.15) is 0 Å². The summed E-state index contributed by atoms with van der Waals surface area (Å²) >= 11 is 12.2. The lowest BCUT2D eigenvalue weighted by molar-refractivity contribution is 0.0931. The molecule has 1 atom stereocenters. The molecule has 1 amide bonds. The van der Waals surface area contributed by atoms with Gasteiger partial charge in [0.15, 0.2) is 0 Å². The van der Waals surface area contributed by atoms with Crippen molar-refractivity contribution in [2.75, 3.05) is 26.7 Å². The molecule has 1 unspecified atom stereocenters. The van der Waals surface area contributed by atoms with E-state index in [1.807, 2.05) is 0 Å². The van der Waals surface area contributed by atoms with Crippen LogP contribution in [0.3, 0.4) is 0 Å². The molecule has 0 radical (unpaired) electrons. The highest BCUT2D eigenvalue weighted by Gasteiger charge is 2.18. The molecule has 6 nitrogen and oxygen atoms in total. The third-order valence-corrected chi connectivity index (χ3v) is 5.27. The van der Waals surface area contributed by atoms with Crippen molar-refractivity contribution in [3.63, 3.8) is 0 Å². The lowest BCUT2D eigenvalue weighted by Gasteiger charge is -2.29. The molecule has 2 aromatic rings. The second kappa shape index (κ2) is 9.35. The molecular formula is C19H22Cl2N4O2. The van der Waals surface area contributed by atoms with E-state index in [9.17, 15) is 4.79 Å². The predicted octanol–water partition coefficient (Wildman–Crippen LogP) is 3.43. The fourth-order valence-electron chi connectivity index (χ4n) is 3.09. The van der Waals surface area contributed by atoms with E-state index in [0.29, 0.717) is 34.0 Å². The van der Waals surface area contributed by atoms with Crippen molar-refractivity contribution in [2.45, 2.75) is 19.4 Å². The Morgan fingerprint density at radius 2 is 2.07 bits per heavy atom. The number of rotatable bonds is 6. The number of hydrogen-bond donors (Lipinski definition) is 1. The van der Waals surface area contributed by atoms with Gasteiger partial charge in [-0.15, -0.1) is 0 Å². The number of likely N-dealkylation sites (tertiary alicyclic amines) is 1. The van der Waals surface area contributed by atoms with E-state index in [2.05, 4.69) is 27.2 Å². The summed E-state index contributed by atoms with van der Waals surface area (Å²) in [5.41, 5.74) is 0.948. The average molecular weight is 409 g/mol. The SMILES string of the molecule is CN1CCCC(CNC(=O)c2cnc(OCc3c(Cl)cccc3Cl)cn2)C1. The van der Waals surface area contributed by atoms with Crippen LogP contribution in [0.25, 0.3) is 0 Å². The highest BCUT2D eigenvalue weighted by molar-refractivity contribution is 6.35. The summed E-state index contributed by atoms with van der Waals surface area (Å²) in [5, 5.41) is 3.99. The smallest absolute Gasteiger partial charge is 0.271 e. The highest BCUT2D eigenvalue weighted by Crippen LogP contribution is 2.25. The molecule has 1 aromatic carbocycles. The van der Waals surface area contributed by atoms with Gasteiger partial charge in [0.25, 0.3) is 5.91 Å². The third kappa shape index (κ3) is 5.54. The first-order valence-corrected chi connectivity index (χ1v) is 9.63. The van der Waals surface area contributed by atoms with Crippen LogP contribution in [-0.2, 0) is 6.61 Å². The lowest BCUT2D eigenvalue weighted by atomic mass is 9.98. The van der Waals surface area contributed by atoms with Gasteiger partial charge < -0.3 is 15.0 Å². The molecule has 144 valence electrons. The van der Waals surface area contributed by atoms with Crippen molar-refractivity contribution < 1.29 is 9.53 Å². The number of aromatic nitrogens is 2. The number of halogens is 2. The number of ether oxygens (including phenoxy) is 1. The van der Waals surface area contributed by atoms with Gasteiger partial charge in [-0.1, -0.05) is 29.3 Å². The number of nitrogens with one attached hydrogen (secondary N) is 1.